The van der Waals surface area contributed by atoms with Gasteiger partial charge in [-0.25, -0.2) is 4.98 Å². The number of nitrogens with zero attached hydrogens (tertiary/aromatic N) is 3. The number of hydrogen-bond donors (Lipinski definition) is 1. The quantitative estimate of drug-likeness (QED) is 0.860. The molecular weight excluding hydrogens is 330 g/mol. The summed E-state index contributed by atoms with van der Waals surface area (Å²) in [5.74, 6) is 2.31. The maximum atomic E-state index is 12.7. The maximum absolute atomic E-state index is 12.7. The fourth-order valence-corrected chi connectivity index (χ4v) is 3.44. The van der Waals surface area contributed by atoms with Gasteiger partial charge >= 0.3 is 0 Å². The van der Waals surface area contributed by atoms with Gasteiger partial charge in [-0.2, -0.15) is 0 Å². The van der Waals surface area contributed by atoms with E-state index in [1.54, 1.807) is 13.0 Å². The van der Waals surface area contributed by atoms with Gasteiger partial charge in [0.25, 0.3) is 5.91 Å². The zero-order chi connectivity index (χ0) is 18.5. The summed E-state index contributed by atoms with van der Waals surface area (Å²) >= 11 is 0. The molecule has 2 aromatic rings. The molecule has 140 valence electrons. The van der Waals surface area contributed by atoms with Gasteiger partial charge in [0.05, 0.1) is 6.61 Å². The van der Waals surface area contributed by atoms with Gasteiger partial charge in [0.1, 0.15) is 11.6 Å². The van der Waals surface area contributed by atoms with Gasteiger partial charge in [0.2, 0.25) is 0 Å². The van der Waals surface area contributed by atoms with E-state index in [1.165, 1.54) is 0 Å². The van der Waals surface area contributed by atoms with Crippen molar-refractivity contribution >= 4 is 5.91 Å². The largest absolute Gasteiger partial charge is 0.481 e. The van der Waals surface area contributed by atoms with Gasteiger partial charge in [0.15, 0.2) is 6.10 Å². The zero-order valence-electron chi connectivity index (χ0n) is 15.5. The lowest BCUT2D eigenvalue weighted by Crippen LogP contribution is -2.45. The van der Waals surface area contributed by atoms with Crippen LogP contribution < -0.4 is 4.74 Å². The predicted molar refractivity (Wildman–Crippen MR) is 98.7 cm³/mol. The first kappa shape index (κ1) is 18.5. The molecule has 0 aliphatic carbocycles. The van der Waals surface area contributed by atoms with E-state index in [-0.39, 0.29) is 12.5 Å². The molecule has 1 unspecified atom stereocenters. The number of imidazole rings is 1. The van der Waals surface area contributed by atoms with Crippen LogP contribution in [0.15, 0.2) is 36.7 Å². The number of rotatable bonds is 6. The summed E-state index contributed by atoms with van der Waals surface area (Å²) < 4.78 is 7.85. The van der Waals surface area contributed by atoms with Crippen LogP contribution in [0, 0.1) is 5.92 Å². The fourth-order valence-electron chi connectivity index (χ4n) is 3.44. The summed E-state index contributed by atoms with van der Waals surface area (Å²) in [7, 11) is 2.02. The molecule has 1 atom stereocenters. The van der Waals surface area contributed by atoms with Crippen LogP contribution in [0.2, 0.25) is 0 Å². The minimum Gasteiger partial charge on any atom is -0.481 e. The molecule has 1 aromatic carbocycles. The highest BCUT2D eigenvalue weighted by Crippen LogP contribution is 2.22. The number of amides is 1. The molecule has 3 rings (SSSR count). The van der Waals surface area contributed by atoms with Crippen LogP contribution in [0.25, 0.3) is 0 Å². The Kier molecular flexibility index (Phi) is 5.93. The lowest BCUT2D eigenvalue weighted by Gasteiger charge is -2.33. The number of ether oxygens (including phenoxy) is 1. The Labute approximate surface area is 154 Å². The summed E-state index contributed by atoms with van der Waals surface area (Å²) in [6.45, 7) is 3.27. The summed E-state index contributed by atoms with van der Waals surface area (Å²) in [4.78, 5) is 19.0. The standard InChI is InChI=1S/C20H27N3O3/c1-15(26-18-5-3-4-17(12-18)14-24)20(25)23-9-6-16(7-10-23)13-19-21-8-11-22(19)2/h3-5,8,11-12,15-16,24H,6-7,9-10,13-14H2,1-2H3. The highest BCUT2D eigenvalue weighted by Gasteiger charge is 2.27. The normalized spacial score (nSPS) is 16.5. The van der Waals surface area contributed by atoms with E-state index in [9.17, 15) is 9.90 Å². The molecule has 1 amide bonds. The average Bonchev–Trinajstić information content (AvgIpc) is 3.06. The van der Waals surface area contributed by atoms with Crippen LogP contribution in [0.3, 0.4) is 0 Å². The van der Waals surface area contributed by atoms with E-state index < -0.39 is 6.10 Å². The number of aryl methyl sites for hydroxylation is 1. The minimum atomic E-state index is -0.532. The van der Waals surface area contributed by atoms with Crippen LogP contribution in [-0.4, -0.2) is 44.7 Å². The number of aromatic nitrogens is 2. The number of carbonyl (C=O) groups excluding carboxylic acids is 1. The predicted octanol–water partition coefficient (Wildman–Crippen LogP) is 2.16. The molecule has 26 heavy (non-hydrogen) atoms. The molecule has 2 heterocycles. The third kappa shape index (κ3) is 4.43. The Balaban J connectivity index is 1.50. The molecule has 1 saturated heterocycles. The summed E-state index contributed by atoms with van der Waals surface area (Å²) in [5, 5.41) is 9.21. The lowest BCUT2D eigenvalue weighted by molar-refractivity contribution is -0.139. The smallest absolute Gasteiger partial charge is 0.263 e. The Bertz CT molecular complexity index is 735. The van der Waals surface area contributed by atoms with Crippen LogP contribution in [-0.2, 0) is 24.9 Å². The average molecular weight is 357 g/mol. The number of benzene rings is 1. The summed E-state index contributed by atoms with van der Waals surface area (Å²) in [6.07, 6.45) is 6.22. The number of carbonyl (C=O) groups is 1. The van der Waals surface area contributed by atoms with Gasteiger partial charge in [-0.1, -0.05) is 12.1 Å². The van der Waals surface area contributed by atoms with Crippen LogP contribution >= 0.6 is 0 Å². The Morgan fingerprint density at radius 3 is 2.81 bits per heavy atom. The number of piperidine rings is 1. The molecule has 1 aromatic heterocycles. The Morgan fingerprint density at radius 1 is 1.38 bits per heavy atom. The van der Waals surface area contributed by atoms with E-state index in [0.29, 0.717) is 11.7 Å². The van der Waals surface area contributed by atoms with Crippen molar-refractivity contribution in [2.45, 2.75) is 38.9 Å². The van der Waals surface area contributed by atoms with Crippen molar-refractivity contribution in [2.24, 2.45) is 13.0 Å². The topological polar surface area (TPSA) is 67.6 Å². The molecule has 1 aliphatic rings. The lowest BCUT2D eigenvalue weighted by atomic mass is 9.93. The van der Waals surface area contributed by atoms with Crippen molar-refractivity contribution in [3.63, 3.8) is 0 Å². The molecule has 0 bridgehead atoms. The molecule has 1 N–H and O–H groups in total. The van der Waals surface area contributed by atoms with Gasteiger partial charge in [0, 0.05) is 39.0 Å². The first-order valence-corrected chi connectivity index (χ1v) is 9.18. The first-order valence-electron chi connectivity index (χ1n) is 9.18. The second-order valence-electron chi connectivity index (χ2n) is 6.99. The zero-order valence-corrected chi connectivity index (χ0v) is 15.5. The molecule has 6 nitrogen and oxygen atoms in total. The monoisotopic (exact) mass is 357 g/mol. The number of likely N-dealkylation sites (tertiary alicyclic amines) is 1. The van der Waals surface area contributed by atoms with Crippen LogP contribution in [0.1, 0.15) is 31.2 Å². The fraction of sp³-hybridized carbons (Fsp3) is 0.500. The van der Waals surface area contributed by atoms with Crippen molar-refractivity contribution in [3.05, 3.63) is 48.0 Å². The molecule has 0 radical (unpaired) electrons. The summed E-state index contributed by atoms with van der Waals surface area (Å²) in [6, 6.07) is 7.22. The second-order valence-corrected chi connectivity index (χ2v) is 6.99. The van der Waals surface area contributed by atoms with Crippen molar-refractivity contribution in [1.29, 1.82) is 0 Å². The number of hydrogen-bond acceptors (Lipinski definition) is 4. The Hall–Kier alpha value is -2.34. The molecular formula is C20H27N3O3. The van der Waals surface area contributed by atoms with Gasteiger partial charge in [-0.15, -0.1) is 0 Å². The highest BCUT2D eigenvalue weighted by molar-refractivity contribution is 5.81. The minimum absolute atomic E-state index is 0.0230. The highest BCUT2D eigenvalue weighted by atomic mass is 16.5. The van der Waals surface area contributed by atoms with Crippen molar-refractivity contribution in [2.75, 3.05) is 13.1 Å². The van der Waals surface area contributed by atoms with E-state index in [4.69, 9.17) is 4.74 Å². The van der Waals surface area contributed by atoms with E-state index in [1.807, 2.05) is 42.5 Å². The number of aliphatic hydroxyl groups is 1. The van der Waals surface area contributed by atoms with E-state index in [2.05, 4.69) is 9.55 Å². The molecule has 1 aliphatic heterocycles. The first-order chi connectivity index (χ1) is 12.6. The number of aliphatic hydroxyl groups excluding tert-OH is 1. The van der Waals surface area contributed by atoms with Crippen molar-refractivity contribution in [3.8, 4) is 5.75 Å². The maximum Gasteiger partial charge on any atom is 0.263 e. The third-order valence-electron chi connectivity index (χ3n) is 5.06. The van der Waals surface area contributed by atoms with E-state index >= 15 is 0 Å². The van der Waals surface area contributed by atoms with Gasteiger partial charge < -0.3 is 19.3 Å². The molecule has 0 spiro atoms. The SMILES string of the molecule is CC(Oc1cccc(CO)c1)C(=O)N1CCC(Cc2nccn2C)CC1. The third-order valence-corrected chi connectivity index (χ3v) is 5.06. The van der Waals surface area contributed by atoms with E-state index in [0.717, 1.165) is 43.7 Å². The second kappa shape index (κ2) is 8.36. The van der Waals surface area contributed by atoms with Gasteiger partial charge in [-0.05, 0) is 43.4 Å². The Morgan fingerprint density at radius 2 is 2.15 bits per heavy atom. The summed E-state index contributed by atoms with van der Waals surface area (Å²) in [5.41, 5.74) is 0.775. The van der Waals surface area contributed by atoms with Crippen molar-refractivity contribution < 1.29 is 14.6 Å². The van der Waals surface area contributed by atoms with Gasteiger partial charge in [-0.3, -0.25) is 4.79 Å². The van der Waals surface area contributed by atoms with Crippen LogP contribution in [0.5, 0.6) is 5.75 Å². The van der Waals surface area contributed by atoms with Crippen LogP contribution in [0.4, 0.5) is 0 Å². The molecule has 0 saturated carbocycles. The molecule has 6 heteroatoms. The van der Waals surface area contributed by atoms with Crippen molar-refractivity contribution in [1.82, 2.24) is 14.5 Å². The molecule has 1 fully saturated rings.